The van der Waals surface area contributed by atoms with Crippen LogP contribution in [0.1, 0.15) is 0 Å². The third-order valence-electron chi connectivity index (χ3n) is 2.68. The van der Waals surface area contributed by atoms with Gasteiger partial charge in [0.1, 0.15) is 5.82 Å². The quantitative estimate of drug-likeness (QED) is 0.827. The lowest BCUT2D eigenvalue weighted by atomic mass is 10.1. The van der Waals surface area contributed by atoms with E-state index in [2.05, 4.69) is 60.7 Å². The number of anilines is 1. The van der Waals surface area contributed by atoms with E-state index in [1.165, 1.54) is 0 Å². The minimum atomic E-state index is 0.655. The van der Waals surface area contributed by atoms with Gasteiger partial charge in [0.2, 0.25) is 0 Å². The lowest BCUT2D eigenvalue weighted by Gasteiger charge is -2.43. The number of pyridine rings is 1. The van der Waals surface area contributed by atoms with E-state index in [1.54, 1.807) is 0 Å². The molecule has 1 saturated heterocycles. The number of likely N-dealkylation sites (N-methyl/N-ethyl adjacent to an activating group) is 1. The van der Waals surface area contributed by atoms with Crippen molar-refractivity contribution >= 4 is 37.7 Å². The monoisotopic (exact) mass is 333 g/mol. The van der Waals surface area contributed by atoms with Gasteiger partial charge in [0.25, 0.3) is 0 Å². The van der Waals surface area contributed by atoms with Crippen molar-refractivity contribution in [3.63, 3.8) is 0 Å². The highest BCUT2D eigenvalue weighted by Crippen LogP contribution is 2.30. The Hall–Kier alpha value is -0.130. The van der Waals surface area contributed by atoms with Crippen molar-refractivity contribution in [1.29, 1.82) is 0 Å². The van der Waals surface area contributed by atoms with Crippen molar-refractivity contribution in [2.24, 2.45) is 0 Å². The van der Waals surface area contributed by atoms with Crippen LogP contribution in [0.5, 0.6) is 0 Å². The van der Waals surface area contributed by atoms with Crippen molar-refractivity contribution in [3.8, 4) is 0 Å². The second-order valence-electron chi connectivity index (χ2n) is 3.98. The zero-order valence-electron chi connectivity index (χ0n) is 8.74. The first-order chi connectivity index (χ1) is 7.08. The normalized spacial score (nSPS) is 17.0. The average molecular weight is 335 g/mol. The maximum atomic E-state index is 4.41. The van der Waals surface area contributed by atoms with E-state index in [0.717, 1.165) is 27.9 Å². The fourth-order valence-corrected chi connectivity index (χ4v) is 2.83. The summed E-state index contributed by atoms with van der Waals surface area (Å²) >= 11 is 6.93. The van der Waals surface area contributed by atoms with Gasteiger partial charge in [-0.25, -0.2) is 4.98 Å². The van der Waals surface area contributed by atoms with Crippen molar-refractivity contribution in [2.75, 3.05) is 32.1 Å². The minimum Gasteiger partial charge on any atom is -0.352 e. The molecule has 2 heterocycles. The molecule has 15 heavy (non-hydrogen) atoms. The molecule has 0 radical (unpaired) electrons. The van der Waals surface area contributed by atoms with E-state index in [-0.39, 0.29) is 0 Å². The molecule has 0 aliphatic carbocycles. The van der Waals surface area contributed by atoms with Crippen molar-refractivity contribution in [2.45, 2.75) is 6.04 Å². The molecule has 0 saturated carbocycles. The molecular weight excluding hydrogens is 322 g/mol. The molecule has 0 aromatic carbocycles. The highest BCUT2D eigenvalue weighted by Gasteiger charge is 2.30. The summed E-state index contributed by atoms with van der Waals surface area (Å²) in [6.45, 7) is 2.11. The summed E-state index contributed by atoms with van der Waals surface area (Å²) in [4.78, 5) is 8.94. The molecule has 1 aromatic rings. The fraction of sp³-hybridized carbons (Fsp3) is 0.500. The second kappa shape index (κ2) is 4.39. The van der Waals surface area contributed by atoms with Gasteiger partial charge in [-0.15, -0.1) is 0 Å². The first-order valence-corrected chi connectivity index (χ1v) is 6.39. The average Bonchev–Trinajstić information content (AvgIpc) is 2.05. The van der Waals surface area contributed by atoms with Crippen LogP contribution in [0, 0.1) is 0 Å². The largest absolute Gasteiger partial charge is 0.352 e. The smallest absolute Gasteiger partial charge is 0.143 e. The Labute approximate surface area is 107 Å². The van der Waals surface area contributed by atoms with Crippen LogP contribution in [0.2, 0.25) is 0 Å². The highest BCUT2D eigenvalue weighted by atomic mass is 79.9. The lowest BCUT2D eigenvalue weighted by molar-refractivity contribution is 0.246. The zero-order chi connectivity index (χ0) is 11.0. The van der Waals surface area contributed by atoms with Crippen LogP contribution in [-0.4, -0.2) is 43.1 Å². The van der Waals surface area contributed by atoms with Gasteiger partial charge in [-0.2, -0.15) is 0 Å². The van der Waals surface area contributed by atoms with E-state index < -0.39 is 0 Å². The summed E-state index contributed by atoms with van der Waals surface area (Å²) in [5.41, 5.74) is 0. The lowest BCUT2D eigenvalue weighted by Crippen LogP contribution is -2.57. The van der Waals surface area contributed by atoms with Crippen molar-refractivity contribution in [3.05, 3.63) is 21.2 Å². The van der Waals surface area contributed by atoms with Crippen LogP contribution in [0.15, 0.2) is 21.2 Å². The van der Waals surface area contributed by atoms with Crippen molar-refractivity contribution < 1.29 is 0 Å². The first kappa shape index (κ1) is 11.4. The van der Waals surface area contributed by atoms with Gasteiger partial charge >= 0.3 is 0 Å². The van der Waals surface area contributed by atoms with E-state index in [0.29, 0.717) is 6.04 Å². The molecule has 0 spiro atoms. The van der Waals surface area contributed by atoms with Gasteiger partial charge in [-0.1, -0.05) is 0 Å². The number of hydrogen-bond donors (Lipinski definition) is 0. The van der Waals surface area contributed by atoms with E-state index in [4.69, 9.17) is 0 Å². The molecule has 0 bridgehead atoms. The fourth-order valence-electron chi connectivity index (χ4n) is 1.59. The highest BCUT2D eigenvalue weighted by molar-refractivity contribution is 9.11. The molecule has 1 aliphatic heterocycles. The number of aromatic nitrogens is 1. The molecule has 0 N–H and O–H groups in total. The number of halogens is 2. The Morgan fingerprint density at radius 1 is 1.40 bits per heavy atom. The standard InChI is InChI=1S/C10H13Br2N3/c1-14(2)8-5-15(6-8)10-9(12)3-7(11)4-13-10/h3-4,8H,5-6H2,1-2H3. The number of nitrogens with zero attached hydrogens (tertiary/aromatic N) is 3. The minimum absolute atomic E-state index is 0.655. The first-order valence-electron chi connectivity index (χ1n) is 4.80. The summed E-state index contributed by atoms with van der Waals surface area (Å²) in [5.74, 6) is 1.04. The summed E-state index contributed by atoms with van der Waals surface area (Å²) in [7, 11) is 4.23. The van der Waals surface area contributed by atoms with Crippen molar-refractivity contribution in [1.82, 2.24) is 9.88 Å². The van der Waals surface area contributed by atoms with Gasteiger partial charge in [-0.05, 0) is 52.0 Å². The summed E-state index contributed by atoms with van der Waals surface area (Å²) < 4.78 is 2.05. The molecule has 1 aromatic heterocycles. The Morgan fingerprint density at radius 2 is 2.07 bits per heavy atom. The molecule has 0 unspecified atom stereocenters. The van der Waals surface area contributed by atoms with Gasteiger partial charge in [0.05, 0.1) is 4.47 Å². The Morgan fingerprint density at radius 3 is 2.60 bits per heavy atom. The third-order valence-corrected chi connectivity index (χ3v) is 3.70. The Kier molecular flexibility index (Phi) is 3.33. The van der Waals surface area contributed by atoms with Gasteiger partial charge in [0.15, 0.2) is 0 Å². The summed E-state index contributed by atoms with van der Waals surface area (Å²) in [6.07, 6.45) is 1.84. The van der Waals surface area contributed by atoms with E-state index >= 15 is 0 Å². The Bertz CT molecular complexity index is 362. The number of hydrogen-bond acceptors (Lipinski definition) is 3. The predicted octanol–water partition coefficient (Wildman–Crippen LogP) is 2.36. The summed E-state index contributed by atoms with van der Waals surface area (Å²) in [5, 5.41) is 0. The molecule has 0 atom stereocenters. The maximum absolute atomic E-state index is 4.41. The van der Waals surface area contributed by atoms with Gasteiger partial charge in [0, 0.05) is 29.8 Å². The summed E-state index contributed by atoms with van der Waals surface area (Å²) in [6, 6.07) is 2.69. The zero-order valence-corrected chi connectivity index (χ0v) is 11.9. The predicted molar refractivity (Wildman–Crippen MR) is 69.3 cm³/mol. The van der Waals surface area contributed by atoms with E-state index in [9.17, 15) is 0 Å². The van der Waals surface area contributed by atoms with Gasteiger partial charge < -0.3 is 9.80 Å². The molecule has 1 aliphatic rings. The van der Waals surface area contributed by atoms with Crippen LogP contribution in [0.4, 0.5) is 5.82 Å². The topological polar surface area (TPSA) is 19.4 Å². The molecule has 82 valence electrons. The van der Waals surface area contributed by atoms with Crippen LogP contribution in [0.3, 0.4) is 0 Å². The molecular formula is C10H13Br2N3. The van der Waals surface area contributed by atoms with Crippen LogP contribution < -0.4 is 4.90 Å². The SMILES string of the molecule is CN(C)C1CN(c2ncc(Br)cc2Br)C1. The second-order valence-corrected chi connectivity index (χ2v) is 5.75. The van der Waals surface area contributed by atoms with E-state index in [1.807, 2.05) is 12.3 Å². The molecule has 0 amide bonds. The molecule has 1 fully saturated rings. The maximum Gasteiger partial charge on any atom is 0.143 e. The molecule has 5 heteroatoms. The number of rotatable bonds is 2. The van der Waals surface area contributed by atoms with Gasteiger partial charge in [-0.3, -0.25) is 0 Å². The molecule has 3 nitrogen and oxygen atoms in total. The third kappa shape index (κ3) is 2.34. The molecule has 2 rings (SSSR count). The Balaban J connectivity index is 2.07. The van der Waals surface area contributed by atoms with Crippen LogP contribution >= 0.6 is 31.9 Å². The van der Waals surface area contributed by atoms with Crippen LogP contribution in [0.25, 0.3) is 0 Å². The van der Waals surface area contributed by atoms with Crippen LogP contribution in [-0.2, 0) is 0 Å².